The lowest BCUT2D eigenvalue weighted by Crippen LogP contribution is -2.64. The van der Waals surface area contributed by atoms with Crippen LogP contribution in [0.3, 0.4) is 0 Å². The SMILES string of the molecule is CC(=O)NC1C(OCCCCCCNC(=O)CCC(NC(=O)CCC(NC(=O)C(Cc2ccc(O)cc2)NC(C)C)C(=O)NCCCCOC2OC(CO)C(O)C(O)C2NC(C)=O)C(=O)NCCCCOC2OC(CO)C(O)C(O)C2NC(C)=O)OC(CO)C(O)C1C. The molecule has 32 heteroatoms. The molecule has 32 nitrogen and oxygen atoms in total. The zero-order valence-corrected chi connectivity index (χ0v) is 54.1. The van der Waals surface area contributed by atoms with Gasteiger partial charge in [0.25, 0.3) is 0 Å². The first-order valence-electron chi connectivity index (χ1n) is 32.1. The Bertz CT molecular complexity index is 2460. The number of unbranched alkanes of at least 4 members (excludes halogenated alkanes) is 5. The van der Waals surface area contributed by atoms with E-state index in [1.807, 2.05) is 13.8 Å². The first kappa shape index (κ1) is 79.6. The lowest BCUT2D eigenvalue weighted by Gasteiger charge is -2.43. The second-order valence-electron chi connectivity index (χ2n) is 24.0. The average molecular weight is 1330 g/mol. The molecule has 0 bridgehead atoms. The average Bonchev–Trinajstić information content (AvgIpc) is 0.884. The molecule has 0 saturated carbocycles. The van der Waals surface area contributed by atoms with Gasteiger partial charge in [0.2, 0.25) is 47.3 Å². The second kappa shape index (κ2) is 41.9. The Morgan fingerprint density at radius 3 is 1.34 bits per heavy atom. The lowest BCUT2D eigenvalue weighted by molar-refractivity contribution is -0.270. The van der Waals surface area contributed by atoms with Gasteiger partial charge in [0, 0.05) is 85.0 Å². The summed E-state index contributed by atoms with van der Waals surface area (Å²) >= 11 is 0. The minimum Gasteiger partial charge on any atom is -0.508 e. The molecule has 4 rings (SSSR count). The number of hydrogen-bond acceptors (Lipinski definition) is 24. The van der Waals surface area contributed by atoms with E-state index in [1.54, 1.807) is 19.1 Å². The molecule has 3 aliphatic rings. The largest absolute Gasteiger partial charge is 0.508 e. The van der Waals surface area contributed by atoms with Gasteiger partial charge in [0.1, 0.15) is 72.6 Å². The van der Waals surface area contributed by atoms with E-state index in [4.69, 9.17) is 28.4 Å². The third-order valence-electron chi connectivity index (χ3n) is 16.0. The standard InChI is InChI=1S/C61H103N9O23/c1-33(2)65-42(29-38-15-17-39(77)18-16-38)58(87)70-41(57(86)64-25-11-14-28-90-61-50(68-37(6)76)55(84)53(82)45(32-73)93-61)20-22-47(79)69-40(56(85)63-24-10-13-27-89-60-49(67-36(5)75)54(83)52(81)44(31-72)92-60)19-21-46(78)62-23-9-7-8-12-26-88-59-48(66-35(4)74)34(3)51(80)43(30-71)91-59/h15-18,33-34,40-45,48-55,59-61,65,71-73,77,80-84H,7-14,19-32H2,1-6H3,(H,62,78)(H,63,85)(H,64,86)(H,66,74)(H,67,75)(H,68,76)(H,69,79)(H,70,87). The van der Waals surface area contributed by atoms with Gasteiger partial charge in [-0.05, 0) is 75.5 Å². The Morgan fingerprint density at radius 2 is 0.882 bits per heavy atom. The fourth-order valence-corrected chi connectivity index (χ4v) is 10.8. The lowest BCUT2D eigenvalue weighted by atomic mass is 9.89. The van der Waals surface area contributed by atoms with E-state index < -0.39 is 177 Å². The summed E-state index contributed by atoms with van der Waals surface area (Å²) in [6, 6.07) is -0.359. The Kier molecular flexibility index (Phi) is 35.9. The monoisotopic (exact) mass is 1330 g/mol. The van der Waals surface area contributed by atoms with Crippen molar-refractivity contribution in [1.82, 2.24) is 47.9 Å². The molecule has 1 aromatic carbocycles. The molecule has 0 spiro atoms. The Labute approximate surface area is 542 Å². The second-order valence-corrected chi connectivity index (χ2v) is 24.0. The van der Waals surface area contributed by atoms with Gasteiger partial charge in [-0.25, -0.2) is 0 Å². The first-order chi connectivity index (χ1) is 44.3. The van der Waals surface area contributed by atoms with E-state index >= 15 is 0 Å². The fourth-order valence-electron chi connectivity index (χ4n) is 10.8. The van der Waals surface area contributed by atoms with Crippen LogP contribution in [0.5, 0.6) is 5.75 Å². The van der Waals surface area contributed by atoms with Gasteiger partial charge in [0.05, 0.1) is 38.0 Å². The van der Waals surface area contributed by atoms with Gasteiger partial charge in [-0.15, -0.1) is 0 Å². The highest BCUT2D eigenvalue weighted by atomic mass is 16.7. The Balaban J connectivity index is 1.40. The van der Waals surface area contributed by atoms with Crippen molar-refractivity contribution in [2.24, 2.45) is 5.92 Å². The van der Waals surface area contributed by atoms with Crippen LogP contribution in [0.4, 0.5) is 0 Å². The molecule has 93 heavy (non-hydrogen) atoms. The summed E-state index contributed by atoms with van der Waals surface area (Å²) < 4.78 is 34.5. The van der Waals surface area contributed by atoms with E-state index in [0.29, 0.717) is 56.9 Å². The van der Waals surface area contributed by atoms with Crippen molar-refractivity contribution in [2.45, 2.75) is 235 Å². The highest BCUT2D eigenvalue weighted by molar-refractivity contribution is 5.91. The number of ether oxygens (including phenoxy) is 6. The molecular weight excluding hydrogens is 1230 g/mol. The molecule has 0 aliphatic carbocycles. The zero-order valence-electron chi connectivity index (χ0n) is 54.1. The Hall–Kier alpha value is -5.82. The van der Waals surface area contributed by atoms with Gasteiger partial charge in [0.15, 0.2) is 18.9 Å². The maximum absolute atomic E-state index is 14.1. The van der Waals surface area contributed by atoms with Crippen molar-refractivity contribution in [1.29, 1.82) is 0 Å². The van der Waals surface area contributed by atoms with Gasteiger partial charge >= 0.3 is 0 Å². The minimum atomic E-state index is -1.52. The molecule has 8 amide bonds. The van der Waals surface area contributed by atoms with Crippen molar-refractivity contribution >= 4 is 47.3 Å². The van der Waals surface area contributed by atoms with Gasteiger partial charge in [-0.2, -0.15) is 0 Å². The van der Waals surface area contributed by atoms with E-state index in [2.05, 4.69) is 47.9 Å². The van der Waals surface area contributed by atoms with Crippen LogP contribution in [0.2, 0.25) is 0 Å². The molecule has 3 heterocycles. The van der Waals surface area contributed by atoms with Crippen molar-refractivity contribution in [3.05, 3.63) is 29.8 Å². The predicted molar refractivity (Wildman–Crippen MR) is 329 cm³/mol. The summed E-state index contributed by atoms with van der Waals surface area (Å²) in [4.78, 5) is 105. The van der Waals surface area contributed by atoms with Crippen molar-refractivity contribution in [2.75, 3.05) is 59.3 Å². The number of hydrogen-bond donors (Lipinski definition) is 18. The van der Waals surface area contributed by atoms with Crippen LogP contribution in [0.15, 0.2) is 24.3 Å². The number of amides is 8. The number of rotatable bonds is 41. The number of aliphatic hydroxyl groups is 8. The number of phenols is 1. The molecule has 18 unspecified atom stereocenters. The molecule has 18 N–H and O–H groups in total. The molecule has 3 saturated heterocycles. The highest BCUT2D eigenvalue weighted by Gasteiger charge is 2.47. The van der Waals surface area contributed by atoms with Crippen molar-refractivity contribution < 1.29 is 113 Å². The highest BCUT2D eigenvalue weighted by Crippen LogP contribution is 2.28. The van der Waals surface area contributed by atoms with Crippen LogP contribution < -0.4 is 47.9 Å². The normalized spacial score (nSPS) is 27.2. The Morgan fingerprint density at radius 1 is 0.484 bits per heavy atom. The molecule has 1 aromatic rings. The summed E-state index contributed by atoms with van der Waals surface area (Å²) in [6.45, 7) is 8.08. The van der Waals surface area contributed by atoms with Crippen molar-refractivity contribution in [3.8, 4) is 5.75 Å². The summed E-state index contributed by atoms with van der Waals surface area (Å²) in [6.07, 6.45) is -10.8. The first-order valence-corrected chi connectivity index (χ1v) is 32.1. The number of carbonyl (C=O) groups is 8. The summed E-state index contributed by atoms with van der Waals surface area (Å²) in [7, 11) is 0. The van der Waals surface area contributed by atoms with Crippen LogP contribution in [0.1, 0.15) is 124 Å². The summed E-state index contributed by atoms with van der Waals surface area (Å²) in [5.74, 6) is -4.80. The van der Waals surface area contributed by atoms with Crippen LogP contribution in [-0.4, -0.2) is 262 Å². The van der Waals surface area contributed by atoms with Crippen LogP contribution >= 0.6 is 0 Å². The molecule has 3 aliphatic heterocycles. The predicted octanol–water partition coefficient (Wildman–Crippen LogP) is -4.54. The maximum Gasteiger partial charge on any atom is 0.242 e. The minimum absolute atomic E-state index is 0.00873. The van der Waals surface area contributed by atoms with E-state index in [0.717, 1.165) is 0 Å². The molecular formula is C61H103N9O23. The number of benzene rings is 1. The quantitative estimate of drug-likeness (QED) is 0.0275. The number of aromatic hydroxyl groups is 1. The number of carbonyl (C=O) groups excluding carboxylic acids is 8. The van der Waals surface area contributed by atoms with E-state index in [1.165, 1.54) is 32.9 Å². The summed E-state index contributed by atoms with van der Waals surface area (Å²) in [5.41, 5.74) is 0.694. The summed E-state index contributed by atoms with van der Waals surface area (Å²) in [5, 5.41) is 116. The maximum atomic E-state index is 14.1. The van der Waals surface area contributed by atoms with Crippen molar-refractivity contribution in [3.63, 3.8) is 0 Å². The number of phenolic OH excluding ortho intramolecular Hbond substituents is 1. The molecule has 0 aromatic heterocycles. The fraction of sp³-hybridized carbons (Fsp3) is 0.770. The van der Waals surface area contributed by atoms with Gasteiger partial charge < -0.3 is 122 Å². The topological polar surface area (TPSA) is 482 Å². The third-order valence-corrected chi connectivity index (χ3v) is 16.0. The van der Waals surface area contributed by atoms with Crippen LogP contribution in [0.25, 0.3) is 0 Å². The molecule has 3 fully saturated rings. The van der Waals surface area contributed by atoms with Crippen LogP contribution in [0, 0.1) is 5.92 Å². The zero-order chi connectivity index (χ0) is 68.7. The van der Waals surface area contributed by atoms with Gasteiger partial charge in [-0.3, -0.25) is 38.4 Å². The van der Waals surface area contributed by atoms with Crippen LogP contribution in [-0.2, 0) is 73.2 Å². The molecule has 530 valence electrons. The molecule has 18 atom stereocenters. The number of aliphatic hydroxyl groups excluding tert-OH is 8. The van der Waals surface area contributed by atoms with Gasteiger partial charge in [-0.1, -0.05) is 45.7 Å². The van der Waals surface area contributed by atoms with E-state index in [-0.39, 0.29) is 82.8 Å². The molecule has 0 radical (unpaired) electrons. The smallest absolute Gasteiger partial charge is 0.242 e. The van der Waals surface area contributed by atoms with E-state index in [9.17, 15) is 84.3 Å². The number of nitrogens with one attached hydrogen (secondary N) is 9. The third kappa shape index (κ3) is 27.4.